The van der Waals surface area contributed by atoms with E-state index in [9.17, 15) is 4.79 Å². The van der Waals surface area contributed by atoms with Crippen LogP contribution in [0.25, 0.3) is 0 Å². The third-order valence-corrected chi connectivity index (χ3v) is 3.86. The third kappa shape index (κ3) is 3.25. The zero-order chi connectivity index (χ0) is 13.0. The Hall–Kier alpha value is -1.51. The molecule has 1 fully saturated rings. The summed E-state index contributed by atoms with van der Waals surface area (Å²) in [6, 6.07) is 10.2. The third-order valence-electron chi connectivity index (χ3n) is 3.86. The predicted octanol–water partition coefficient (Wildman–Crippen LogP) is 3.06. The number of carbonyl (C=O) groups is 1. The van der Waals surface area contributed by atoms with Crippen molar-refractivity contribution in [3.8, 4) is 0 Å². The summed E-state index contributed by atoms with van der Waals surface area (Å²) in [5.41, 5.74) is 1.35. The topological polar surface area (TPSA) is 41.1 Å². The summed E-state index contributed by atoms with van der Waals surface area (Å²) < 4.78 is 0. The van der Waals surface area contributed by atoms with E-state index in [1.54, 1.807) is 0 Å². The lowest BCUT2D eigenvalue weighted by atomic mass is 9.87. The fourth-order valence-electron chi connectivity index (χ4n) is 2.58. The first-order chi connectivity index (χ1) is 8.58. The van der Waals surface area contributed by atoms with Gasteiger partial charge in [0.1, 0.15) is 0 Å². The summed E-state index contributed by atoms with van der Waals surface area (Å²) in [4.78, 5) is 11.8. The molecule has 3 nitrogen and oxygen atoms in total. The molecule has 1 aromatic carbocycles. The number of nitrogens with one attached hydrogen (secondary N) is 2. The second-order valence-electron chi connectivity index (χ2n) is 5.75. The van der Waals surface area contributed by atoms with Gasteiger partial charge in [-0.25, -0.2) is 4.79 Å². The van der Waals surface area contributed by atoms with E-state index in [0.717, 1.165) is 12.0 Å². The number of benzene rings is 1. The first-order valence-electron chi connectivity index (χ1n) is 6.66. The quantitative estimate of drug-likeness (QED) is 0.845. The van der Waals surface area contributed by atoms with Crippen molar-refractivity contribution in [2.45, 2.75) is 45.7 Å². The maximum absolute atomic E-state index is 11.8. The number of hydrogen-bond acceptors (Lipinski definition) is 1. The Morgan fingerprint density at radius 2 is 2.06 bits per heavy atom. The lowest BCUT2D eigenvalue weighted by Gasteiger charge is -2.27. The summed E-state index contributed by atoms with van der Waals surface area (Å²) in [6.45, 7) is 5.03. The second-order valence-corrected chi connectivity index (χ2v) is 5.75. The molecule has 1 aliphatic rings. The minimum Gasteiger partial charge on any atom is -0.335 e. The van der Waals surface area contributed by atoms with Gasteiger partial charge in [0.2, 0.25) is 0 Å². The maximum Gasteiger partial charge on any atom is 0.315 e. The van der Waals surface area contributed by atoms with E-state index in [-0.39, 0.29) is 11.4 Å². The molecule has 0 spiro atoms. The van der Waals surface area contributed by atoms with Crippen molar-refractivity contribution in [3.63, 3.8) is 0 Å². The Bertz CT molecular complexity index is 400. The fraction of sp³-hybridized carbons (Fsp3) is 0.533. The van der Waals surface area contributed by atoms with E-state index >= 15 is 0 Å². The van der Waals surface area contributed by atoms with Crippen molar-refractivity contribution in [1.29, 1.82) is 0 Å². The van der Waals surface area contributed by atoms with Crippen molar-refractivity contribution >= 4 is 6.03 Å². The Morgan fingerprint density at radius 3 is 2.67 bits per heavy atom. The molecule has 0 aromatic heterocycles. The molecule has 98 valence electrons. The molecule has 1 atom stereocenters. The molecule has 0 aliphatic heterocycles. The Labute approximate surface area is 109 Å². The molecule has 0 bridgehead atoms. The molecule has 2 rings (SSSR count). The Balaban J connectivity index is 1.79. The minimum atomic E-state index is -0.0566. The van der Waals surface area contributed by atoms with Gasteiger partial charge in [-0.2, -0.15) is 0 Å². The van der Waals surface area contributed by atoms with Crippen LogP contribution in [0.1, 0.15) is 38.7 Å². The summed E-state index contributed by atoms with van der Waals surface area (Å²) in [6.07, 6.45) is 3.49. The molecule has 2 amide bonds. The molecule has 2 N–H and O–H groups in total. The van der Waals surface area contributed by atoms with Gasteiger partial charge in [-0.15, -0.1) is 0 Å². The average molecular weight is 246 g/mol. The second kappa shape index (κ2) is 5.42. The molecule has 0 radical (unpaired) electrons. The van der Waals surface area contributed by atoms with Gasteiger partial charge in [0.15, 0.2) is 0 Å². The van der Waals surface area contributed by atoms with Gasteiger partial charge in [-0.05, 0) is 23.8 Å². The van der Waals surface area contributed by atoms with Gasteiger partial charge < -0.3 is 10.6 Å². The van der Waals surface area contributed by atoms with Gasteiger partial charge in [0.05, 0.1) is 0 Å². The van der Waals surface area contributed by atoms with Crippen LogP contribution in [0, 0.1) is 5.41 Å². The Morgan fingerprint density at radius 1 is 1.33 bits per heavy atom. The fourth-order valence-corrected chi connectivity index (χ4v) is 2.58. The van der Waals surface area contributed by atoms with E-state index in [1.807, 2.05) is 30.3 Å². The highest BCUT2D eigenvalue weighted by Gasteiger charge is 2.35. The summed E-state index contributed by atoms with van der Waals surface area (Å²) in [5, 5.41) is 6.00. The maximum atomic E-state index is 11.8. The highest BCUT2D eigenvalue weighted by Crippen LogP contribution is 2.36. The zero-order valence-corrected chi connectivity index (χ0v) is 11.2. The van der Waals surface area contributed by atoms with Crippen molar-refractivity contribution < 1.29 is 4.79 Å². The van der Waals surface area contributed by atoms with Crippen molar-refractivity contribution in [2.24, 2.45) is 5.41 Å². The van der Waals surface area contributed by atoms with Gasteiger partial charge >= 0.3 is 6.03 Å². The van der Waals surface area contributed by atoms with Gasteiger partial charge in [-0.3, -0.25) is 0 Å². The SMILES string of the molecule is CC1(C)CCCC1NC(=O)NCc1ccccc1. The van der Waals surface area contributed by atoms with Gasteiger partial charge in [0.25, 0.3) is 0 Å². The smallest absolute Gasteiger partial charge is 0.315 e. The predicted molar refractivity (Wildman–Crippen MR) is 73.2 cm³/mol. The monoisotopic (exact) mass is 246 g/mol. The van der Waals surface area contributed by atoms with Crippen LogP contribution in [-0.4, -0.2) is 12.1 Å². The van der Waals surface area contributed by atoms with Crippen molar-refractivity contribution in [3.05, 3.63) is 35.9 Å². The van der Waals surface area contributed by atoms with E-state index < -0.39 is 0 Å². The van der Waals surface area contributed by atoms with E-state index in [4.69, 9.17) is 0 Å². The molecule has 1 unspecified atom stereocenters. The highest BCUT2D eigenvalue weighted by atomic mass is 16.2. The van der Waals surface area contributed by atoms with Crippen LogP contribution < -0.4 is 10.6 Å². The number of amides is 2. The normalized spacial score (nSPS) is 21.6. The number of urea groups is 1. The molecule has 3 heteroatoms. The van der Waals surface area contributed by atoms with Crippen molar-refractivity contribution in [1.82, 2.24) is 10.6 Å². The van der Waals surface area contributed by atoms with Crippen LogP contribution in [0.15, 0.2) is 30.3 Å². The van der Waals surface area contributed by atoms with Gasteiger partial charge in [0, 0.05) is 12.6 Å². The van der Waals surface area contributed by atoms with E-state index in [1.165, 1.54) is 12.8 Å². The van der Waals surface area contributed by atoms with Crippen LogP contribution in [0.3, 0.4) is 0 Å². The Kier molecular flexibility index (Phi) is 3.90. The van der Waals surface area contributed by atoms with Crippen LogP contribution in [0.5, 0.6) is 0 Å². The standard InChI is InChI=1S/C15H22N2O/c1-15(2)10-6-9-13(15)17-14(18)16-11-12-7-4-3-5-8-12/h3-5,7-8,13H,6,9-11H2,1-2H3,(H2,16,17,18). The lowest BCUT2D eigenvalue weighted by molar-refractivity contribution is 0.222. The van der Waals surface area contributed by atoms with Crippen LogP contribution in [-0.2, 0) is 6.54 Å². The largest absolute Gasteiger partial charge is 0.335 e. The summed E-state index contributed by atoms with van der Waals surface area (Å²) >= 11 is 0. The number of rotatable bonds is 3. The molecular formula is C15H22N2O. The van der Waals surface area contributed by atoms with Gasteiger partial charge in [-0.1, -0.05) is 50.6 Å². The first-order valence-corrected chi connectivity index (χ1v) is 6.66. The molecule has 1 saturated carbocycles. The minimum absolute atomic E-state index is 0.0566. The van der Waals surface area contributed by atoms with E-state index in [2.05, 4.69) is 24.5 Å². The van der Waals surface area contributed by atoms with E-state index in [0.29, 0.717) is 12.6 Å². The molecule has 0 heterocycles. The molecule has 1 aromatic rings. The lowest BCUT2D eigenvalue weighted by Crippen LogP contribution is -2.46. The van der Waals surface area contributed by atoms with Crippen LogP contribution >= 0.6 is 0 Å². The molecule has 18 heavy (non-hydrogen) atoms. The molecule has 0 saturated heterocycles. The van der Waals surface area contributed by atoms with Crippen LogP contribution in [0.4, 0.5) is 4.79 Å². The summed E-state index contributed by atoms with van der Waals surface area (Å²) in [5.74, 6) is 0. The highest BCUT2D eigenvalue weighted by molar-refractivity contribution is 5.74. The number of hydrogen-bond donors (Lipinski definition) is 2. The van der Waals surface area contributed by atoms with Crippen LogP contribution in [0.2, 0.25) is 0 Å². The molecular weight excluding hydrogens is 224 g/mol. The van der Waals surface area contributed by atoms with Crippen molar-refractivity contribution in [2.75, 3.05) is 0 Å². The number of carbonyl (C=O) groups excluding carboxylic acids is 1. The average Bonchev–Trinajstić information content (AvgIpc) is 2.68. The summed E-state index contributed by atoms with van der Waals surface area (Å²) in [7, 11) is 0. The molecule has 1 aliphatic carbocycles. The zero-order valence-electron chi connectivity index (χ0n) is 11.2. The first kappa shape index (κ1) is 12.9.